The minimum Gasteiger partial charge on any atom is 4.00 e. The summed E-state index contributed by atoms with van der Waals surface area (Å²) in [6.45, 7) is 7.69. The molecule has 0 bridgehead atoms. The second-order valence-electron chi connectivity index (χ2n) is 3.92. The molecule has 3 N–H and O–H groups in total. The Morgan fingerprint density at radius 3 is 1.09 bits per heavy atom. The number of hydrogen-bond acceptors (Lipinski definition) is 0. The van der Waals surface area contributed by atoms with E-state index in [4.69, 9.17) is 17.2 Å². The molecule has 1 aromatic carbocycles. The van der Waals surface area contributed by atoms with E-state index in [2.05, 4.69) is 0 Å². The van der Waals surface area contributed by atoms with Gasteiger partial charge in [0.05, 0.1) is 0 Å². The molecule has 0 saturated heterocycles. The first-order valence-electron chi connectivity index (χ1n) is 7.08. The maximum atomic E-state index is 11.8. The Hall–Kier alpha value is 0.433. The van der Waals surface area contributed by atoms with Gasteiger partial charge in [-0.1, -0.05) is 40.0 Å². The van der Waals surface area contributed by atoms with E-state index in [1.165, 1.54) is 12.1 Å². The van der Waals surface area contributed by atoms with Crippen LogP contribution in [0.4, 0.5) is 10.5 Å². The average Bonchev–Trinajstić information content (AvgIpc) is 3.02. The van der Waals surface area contributed by atoms with E-state index >= 15 is 0 Å². The van der Waals surface area contributed by atoms with Gasteiger partial charge >= 0.3 is 79.7 Å². The molecule has 3 nitrogen and oxygen atoms in total. The summed E-state index contributed by atoms with van der Waals surface area (Å²) >= 11 is -5.94. The second kappa shape index (κ2) is 23.7. The first-order valence-corrected chi connectivity index (χ1v) is 10.5. The minimum atomic E-state index is -5.94. The third-order valence-electron chi connectivity index (χ3n) is 1.74. The Balaban J connectivity index is -0.000000107. The van der Waals surface area contributed by atoms with E-state index in [9.17, 15) is 10.5 Å². The van der Waals surface area contributed by atoms with E-state index in [-0.39, 0.29) is 25.8 Å². The van der Waals surface area contributed by atoms with Crippen molar-refractivity contribution in [2.24, 2.45) is 0 Å². The molecule has 22 heavy (non-hydrogen) atoms. The van der Waals surface area contributed by atoms with Crippen LogP contribution < -0.4 is 4.40 Å². The summed E-state index contributed by atoms with van der Waals surface area (Å²) in [4.78, 5) is 0. The molecular formula is C14H28F3GeHfN3. The average molecular weight is 546 g/mol. The van der Waals surface area contributed by atoms with Crippen molar-refractivity contribution < 1.29 is 36.3 Å². The molecule has 0 radical (unpaired) electrons. The first-order chi connectivity index (χ1) is 9.85. The van der Waals surface area contributed by atoms with E-state index < -0.39 is 19.1 Å². The Morgan fingerprint density at radius 2 is 1.00 bits per heavy atom. The molecule has 0 aliphatic carbocycles. The van der Waals surface area contributed by atoms with Gasteiger partial charge in [-0.3, -0.25) is 0 Å². The summed E-state index contributed by atoms with van der Waals surface area (Å²) in [7, 11) is 0. The Bertz CT molecular complexity index is 255. The van der Waals surface area contributed by atoms with Crippen molar-refractivity contribution in [2.45, 2.75) is 40.0 Å². The molecule has 0 saturated carbocycles. The maximum Gasteiger partial charge on any atom is 4.00 e. The largest absolute Gasteiger partial charge is 4.00 e. The van der Waals surface area contributed by atoms with E-state index in [1.54, 1.807) is 0 Å². The van der Waals surface area contributed by atoms with Crippen LogP contribution in [0.5, 0.6) is 0 Å². The quantitative estimate of drug-likeness (QED) is 0.338. The van der Waals surface area contributed by atoms with Crippen molar-refractivity contribution in [3.05, 3.63) is 41.5 Å². The predicted octanol–water partition coefficient (Wildman–Crippen LogP) is 5.80. The monoisotopic (exact) mass is 549 g/mol. The van der Waals surface area contributed by atoms with E-state index in [0.717, 1.165) is 31.4 Å². The molecule has 8 heteroatoms. The van der Waals surface area contributed by atoms with E-state index in [1.807, 2.05) is 20.8 Å². The van der Waals surface area contributed by atoms with Crippen LogP contribution >= 0.6 is 0 Å². The standard InChI is InChI=1S/C5H4F3Ge.3C3H8N.Hf/c6-9(7,8)5-3-1-2-4-5;3*1-2-3-4;/h1-4H;3*4H,2-3H2,1H3;/q4*-1;+4. The smallest absolute Gasteiger partial charge is 4.00 e. The number of rotatable bonds is 4. The molecule has 0 heterocycles. The van der Waals surface area contributed by atoms with Crippen molar-refractivity contribution in [2.75, 3.05) is 19.6 Å². The molecule has 1 aromatic rings. The van der Waals surface area contributed by atoms with Gasteiger partial charge in [-0.25, -0.2) is 0 Å². The number of hydrogen-bond donors (Lipinski definition) is 0. The normalized spacial score (nSPS) is 8.95. The molecule has 128 valence electrons. The zero-order chi connectivity index (χ0) is 17.1. The minimum absolute atomic E-state index is 0. The molecule has 0 fully saturated rings. The molecular weight excluding hydrogens is 518 g/mol. The topological polar surface area (TPSA) is 71.4 Å². The zero-order valence-electron chi connectivity index (χ0n) is 13.7. The van der Waals surface area contributed by atoms with Gasteiger partial charge in [0.15, 0.2) is 0 Å². The maximum absolute atomic E-state index is 11.8. The van der Waals surface area contributed by atoms with Crippen molar-refractivity contribution in [3.63, 3.8) is 0 Å². The second-order valence-corrected chi connectivity index (χ2v) is 7.22. The van der Waals surface area contributed by atoms with Crippen LogP contribution in [0.3, 0.4) is 0 Å². The Morgan fingerprint density at radius 1 is 0.773 bits per heavy atom. The Kier molecular flexibility index (Phi) is 32.7. The molecule has 0 atom stereocenters. The van der Waals surface area contributed by atoms with Crippen LogP contribution in [0.15, 0.2) is 24.3 Å². The summed E-state index contributed by atoms with van der Waals surface area (Å²) in [6, 6.07) is 5.07. The summed E-state index contributed by atoms with van der Waals surface area (Å²) in [5.74, 6) is 0. The molecule has 0 aliphatic rings. The van der Waals surface area contributed by atoms with Crippen LogP contribution in [0.1, 0.15) is 40.0 Å². The first kappa shape index (κ1) is 30.3. The fraction of sp³-hybridized carbons (Fsp3) is 0.643. The van der Waals surface area contributed by atoms with E-state index in [0.29, 0.717) is 19.6 Å². The fourth-order valence-electron chi connectivity index (χ4n) is 0.563. The van der Waals surface area contributed by atoms with Crippen LogP contribution in [0, 0.1) is 0 Å². The SMILES string of the molecule is CCC[NH-].CCC[NH-].CCC[NH-].[F][Ge]([F])([F])[c-]1cccc1.[Hf+4]. The van der Waals surface area contributed by atoms with Crippen molar-refractivity contribution in [1.29, 1.82) is 0 Å². The Labute approximate surface area is 156 Å². The summed E-state index contributed by atoms with van der Waals surface area (Å²) in [6.07, 6.45) is 2.96. The third kappa shape index (κ3) is 28.6. The third-order valence-corrected chi connectivity index (χ3v) is 3.81. The van der Waals surface area contributed by atoms with Gasteiger partial charge in [-0.15, -0.1) is 0 Å². The van der Waals surface area contributed by atoms with Gasteiger partial charge < -0.3 is 17.2 Å². The van der Waals surface area contributed by atoms with Crippen LogP contribution in [0.25, 0.3) is 17.2 Å². The van der Waals surface area contributed by atoms with Gasteiger partial charge in [-0.2, -0.15) is 19.6 Å². The zero-order valence-corrected chi connectivity index (χ0v) is 19.4. The molecule has 0 unspecified atom stereocenters. The fourth-order valence-corrected chi connectivity index (χ4v) is 1.76. The summed E-state index contributed by atoms with van der Waals surface area (Å²) in [5, 5.41) is 0. The predicted molar refractivity (Wildman–Crippen MR) is 89.2 cm³/mol. The van der Waals surface area contributed by atoms with Gasteiger partial charge in [-0.05, 0) is 0 Å². The summed E-state index contributed by atoms with van der Waals surface area (Å²) in [5.41, 5.74) is 19.4. The molecule has 1 rings (SSSR count). The van der Waals surface area contributed by atoms with Crippen molar-refractivity contribution in [1.82, 2.24) is 0 Å². The number of halogens is 3. The van der Waals surface area contributed by atoms with Gasteiger partial charge in [0, 0.05) is 0 Å². The molecule has 0 amide bonds. The number of nitrogens with one attached hydrogen (secondary N) is 3. The van der Waals surface area contributed by atoms with Crippen molar-refractivity contribution >= 4 is 19.1 Å². The van der Waals surface area contributed by atoms with Crippen LogP contribution in [-0.2, 0) is 25.8 Å². The molecule has 0 aromatic heterocycles. The van der Waals surface area contributed by atoms with Crippen molar-refractivity contribution in [3.8, 4) is 0 Å². The van der Waals surface area contributed by atoms with Crippen LogP contribution in [0.2, 0.25) is 0 Å². The van der Waals surface area contributed by atoms with Gasteiger partial charge in [0.25, 0.3) is 0 Å². The van der Waals surface area contributed by atoms with Gasteiger partial charge in [0.2, 0.25) is 0 Å². The van der Waals surface area contributed by atoms with Gasteiger partial charge in [0.1, 0.15) is 0 Å². The molecule has 0 aliphatic heterocycles. The summed E-state index contributed by atoms with van der Waals surface area (Å²) < 4.78 is 35.0. The molecule has 0 spiro atoms. The van der Waals surface area contributed by atoms with Crippen LogP contribution in [-0.4, -0.2) is 34.3 Å².